The maximum atomic E-state index is 6.99. The van der Waals surface area contributed by atoms with Crippen molar-refractivity contribution in [2.24, 2.45) is 0 Å². The van der Waals surface area contributed by atoms with Gasteiger partial charge < -0.3 is 9.47 Å². The van der Waals surface area contributed by atoms with Crippen molar-refractivity contribution in [1.29, 1.82) is 0 Å². The third-order valence-corrected chi connectivity index (χ3v) is 13.1. The molecule has 4 aromatic carbocycles. The number of thiophene rings is 2. The number of hydrogen-bond donors (Lipinski definition) is 0. The second-order valence-electron chi connectivity index (χ2n) is 13.6. The molecule has 4 nitrogen and oxygen atoms in total. The average Bonchev–Trinajstić information content (AvgIpc) is 3.80. The molecule has 0 spiro atoms. The summed E-state index contributed by atoms with van der Waals surface area (Å²) in [6.45, 7) is 5.77. The van der Waals surface area contributed by atoms with Crippen LogP contribution in [0.1, 0.15) is 90.9 Å². The van der Waals surface area contributed by atoms with Crippen LogP contribution >= 0.6 is 54.5 Å². The Hall–Kier alpha value is -3.04. The molecule has 0 unspecified atom stereocenters. The van der Waals surface area contributed by atoms with E-state index in [1.165, 1.54) is 62.1 Å². The molecule has 52 heavy (non-hydrogen) atoms. The van der Waals surface area contributed by atoms with Gasteiger partial charge in [-0.25, -0.2) is 9.97 Å². The summed E-state index contributed by atoms with van der Waals surface area (Å²) in [7, 11) is 0. The Morgan fingerprint density at radius 1 is 0.462 bits per heavy atom. The molecule has 0 aliphatic rings. The van der Waals surface area contributed by atoms with Crippen molar-refractivity contribution in [1.82, 2.24) is 9.97 Å². The maximum Gasteiger partial charge on any atom is 0.172 e. The number of benzene rings is 4. The molecule has 0 radical (unpaired) electrons. The predicted octanol–water partition coefficient (Wildman–Crippen LogP) is 15.5. The van der Waals surface area contributed by atoms with E-state index < -0.39 is 0 Å². The van der Waals surface area contributed by atoms with E-state index >= 15 is 0 Å². The van der Waals surface area contributed by atoms with Crippen molar-refractivity contribution < 1.29 is 9.47 Å². The van der Waals surface area contributed by atoms with Gasteiger partial charge in [0.15, 0.2) is 11.5 Å². The van der Waals surface area contributed by atoms with Crippen molar-refractivity contribution in [3.05, 3.63) is 80.4 Å². The fourth-order valence-electron chi connectivity index (χ4n) is 7.19. The van der Waals surface area contributed by atoms with Crippen molar-refractivity contribution in [2.45, 2.75) is 90.9 Å². The SMILES string of the molecule is CCCCCCCCOc1c(OCCCCCCCC)c(-c2ccc(Br)s2)c2nc3c4ccccc4c4ccccc4c3nc2c1-c1ccc(Br)s1. The van der Waals surface area contributed by atoms with Crippen molar-refractivity contribution >= 4 is 98.1 Å². The van der Waals surface area contributed by atoms with Crippen LogP contribution in [0.4, 0.5) is 0 Å². The molecule has 0 aliphatic carbocycles. The second-order valence-corrected chi connectivity index (χ2v) is 18.5. The van der Waals surface area contributed by atoms with Gasteiger partial charge in [-0.2, -0.15) is 0 Å². The van der Waals surface area contributed by atoms with E-state index in [0.29, 0.717) is 13.2 Å². The first-order chi connectivity index (χ1) is 25.6. The molecule has 3 heterocycles. The normalized spacial score (nSPS) is 11.8. The van der Waals surface area contributed by atoms with Crippen LogP contribution in [0.15, 0.2) is 80.4 Å². The number of aromatic nitrogens is 2. The second kappa shape index (κ2) is 17.9. The summed E-state index contributed by atoms with van der Waals surface area (Å²) in [5.41, 5.74) is 5.40. The molecule has 7 rings (SSSR count). The fraction of sp³-hybridized carbons (Fsp3) is 0.364. The minimum atomic E-state index is 0.618. The highest BCUT2D eigenvalue weighted by Gasteiger charge is 2.29. The summed E-state index contributed by atoms with van der Waals surface area (Å²) in [5.74, 6) is 1.55. The lowest BCUT2D eigenvalue weighted by Crippen LogP contribution is -2.07. The van der Waals surface area contributed by atoms with Gasteiger partial charge in [0.1, 0.15) is 11.0 Å². The number of ether oxygens (including phenoxy) is 2. The summed E-state index contributed by atoms with van der Waals surface area (Å²) in [4.78, 5) is 13.4. The zero-order valence-electron chi connectivity index (χ0n) is 30.1. The Morgan fingerprint density at radius 2 is 0.846 bits per heavy atom. The van der Waals surface area contributed by atoms with Gasteiger partial charge in [0.2, 0.25) is 0 Å². The summed E-state index contributed by atoms with van der Waals surface area (Å²) in [6, 6.07) is 25.7. The molecule has 0 atom stereocenters. The third-order valence-electron chi connectivity index (χ3n) is 9.81. The minimum absolute atomic E-state index is 0.618. The standard InChI is InChI=1S/C44H46Br2N2O2S2/c1-3-5-7-9-11-17-27-49-43-37(33-23-25-35(45)51-33)41-42(38(34-24-26-36(46)52-34)44(43)50-28-18-12-10-8-6-4-2)48-40-32-22-16-14-20-30(32)29-19-13-15-21-31(29)39(40)47-41/h13-16,19-26H,3-12,17-18,27-28H2,1-2H3. The molecule has 8 heteroatoms. The van der Waals surface area contributed by atoms with Gasteiger partial charge in [-0.1, -0.05) is 127 Å². The first kappa shape index (κ1) is 37.3. The molecule has 0 N–H and O–H groups in total. The quantitative estimate of drug-likeness (QED) is 0.0490. The molecule has 0 fully saturated rings. The summed E-state index contributed by atoms with van der Waals surface area (Å²) in [6.07, 6.45) is 14.4. The van der Waals surface area contributed by atoms with Crippen LogP contribution in [0, 0.1) is 0 Å². The van der Waals surface area contributed by atoms with Crippen LogP contribution < -0.4 is 9.47 Å². The molecule has 0 amide bonds. The van der Waals surface area contributed by atoms with Crippen molar-refractivity contribution in [3.63, 3.8) is 0 Å². The molecule has 0 saturated heterocycles. The Labute approximate surface area is 332 Å². The van der Waals surface area contributed by atoms with Crippen LogP contribution in [0.25, 0.3) is 64.5 Å². The molecule has 3 aromatic heterocycles. The first-order valence-corrected chi connectivity index (χ1v) is 22.2. The number of fused-ring (bicyclic) bond motifs is 7. The zero-order chi connectivity index (χ0) is 35.9. The molecular weight excluding hydrogens is 812 g/mol. The van der Waals surface area contributed by atoms with Gasteiger partial charge in [0.25, 0.3) is 0 Å². The van der Waals surface area contributed by atoms with Crippen LogP contribution in [-0.2, 0) is 0 Å². The van der Waals surface area contributed by atoms with E-state index in [4.69, 9.17) is 19.4 Å². The summed E-state index contributed by atoms with van der Waals surface area (Å²) < 4.78 is 16.1. The number of halogens is 2. The molecule has 0 aliphatic heterocycles. The lowest BCUT2D eigenvalue weighted by molar-refractivity contribution is 0.260. The molecule has 0 saturated carbocycles. The summed E-state index contributed by atoms with van der Waals surface area (Å²) in [5, 5.41) is 4.56. The molecule has 0 bridgehead atoms. The number of unbranched alkanes of at least 4 members (excludes halogenated alkanes) is 10. The molecule has 7 aromatic rings. The van der Waals surface area contributed by atoms with E-state index in [2.05, 4.69) is 119 Å². The van der Waals surface area contributed by atoms with E-state index in [0.717, 1.165) is 98.5 Å². The Balaban J connectivity index is 1.49. The van der Waals surface area contributed by atoms with Crippen LogP contribution in [0.5, 0.6) is 11.5 Å². The van der Waals surface area contributed by atoms with Gasteiger partial charge in [0.05, 0.1) is 42.9 Å². The Bertz CT molecular complexity index is 2140. The topological polar surface area (TPSA) is 44.2 Å². The number of rotatable bonds is 18. The molecule has 270 valence electrons. The maximum absolute atomic E-state index is 6.99. The van der Waals surface area contributed by atoms with Gasteiger partial charge in [0, 0.05) is 20.5 Å². The third kappa shape index (κ3) is 8.06. The van der Waals surface area contributed by atoms with Crippen LogP contribution in [0.2, 0.25) is 0 Å². The highest BCUT2D eigenvalue weighted by atomic mass is 79.9. The summed E-state index contributed by atoms with van der Waals surface area (Å²) >= 11 is 10.9. The van der Waals surface area contributed by atoms with E-state index in [-0.39, 0.29) is 0 Å². The lowest BCUT2D eigenvalue weighted by Gasteiger charge is -2.22. The number of nitrogens with zero attached hydrogens (tertiary/aromatic N) is 2. The molecular formula is C44H46Br2N2O2S2. The van der Waals surface area contributed by atoms with Crippen molar-refractivity contribution in [2.75, 3.05) is 13.2 Å². The van der Waals surface area contributed by atoms with Gasteiger partial charge in [-0.15, -0.1) is 22.7 Å². The smallest absolute Gasteiger partial charge is 0.172 e. The predicted molar refractivity (Wildman–Crippen MR) is 232 cm³/mol. The largest absolute Gasteiger partial charge is 0.489 e. The highest BCUT2D eigenvalue weighted by molar-refractivity contribution is 9.11. The Kier molecular flexibility index (Phi) is 12.8. The fourth-order valence-corrected chi connectivity index (χ4v) is 10.1. The lowest BCUT2D eigenvalue weighted by atomic mass is 9.97. The Morgan fingerprint density at radius 3 is 1.23 bits per heavy atom. The monoisotopic (exact) mass is 856 g/mol. The first-order valence-electron chi connectivity index (χ1n) is 19.0. The van der Waals surface area contributed by atoms with Gasteiger partial charge in [-0.05, 0) is 79.7 Å². The zero-order valence-corrected chi connectivity index (χ0v) is 34.9. The number of hydrogen-bond acceptors (Lipinski definition) is 6. The average molecular weight is 859 g/mol. The van der Waals surface area contributed by atoms with Crippen LogP contribution in [0.3, 0.4) is 0 Å². The van der Waals surface area contributed by atoms with E-state index in [1.807, 2.05) is 0 Å². The van der Waals surface area contributed by atoms with E-state index in [9.17, 15) is 0 Å². The van der Waals surface area contributed by atoms with Crippen LogP contribution in [-0.4, -0.2) is 23.2 Å². The van der Waals surface area contributed by atoms with Gasteiger partial charge in [-0.3, -0.25) is 0 Å². The minimum Gasteiger partial charge on any atom is -0.489 e. The highest BCUT2D eigenvalue weighted by Crippen LogP contribution is 2.54. The van der Waals surface area contributed by atoms with Gasteiger partial charge >= 0.3 is 0 Å². The van der Waals surface area contributed by atoms with E-state index in [1.54, 1.807) is 22.7 Å². The van der Waals surface area contributed by atoms with Crippen molar-refractivity contribution in [3.8, 4) is 32.4 Å².